The lowest BCUT2D eigenvalue weighted by molar-refractivity contribution is 0.260. The molecule has 104 valence electrons. The normalized spacial score (nSPS) is 25.4. The lowest BCUT2D eigenvalue weighted by Gasteiger charge is -2.07. The minimum atomic E-state index is -3.63. The summed E-state index contributed by atoms with van der Waals surface area (Å²) < 4.78 is 26.0. The van der Waals surface area contributed by atoms with Crippen LogP contribution in [0.1, 0.15) is 18.1 Å². The highest BCUT2D eigenvalue weighted by Crippen LogP contribution is 2.48. The first-order valence-corrected chi connectivity index (χ1v) is 7.75. The summed E-state index contributed by atoms with van der Waals surface area (Å²) in [5.74, 6) is 0. The van der Waals surface area contributed by atoms with Crippen LogP contribution in [0.5, 0.6) is 0 Å². The van der Waals surface area contributed by atoms with Crippen LogP contribution in [0.2, 0.25) is 0 Å². The van der Waals surface area contributed by atoms with Crippen molar-refractivity contribution in [3.63, 3.8) is 0 Å². The molecule has 1 saturated heterocycles. The number of sulfonamides is 1. The summed E-state index contributed by atoms with van der Waals surface area (Å²) in [6, 6.07) is 16.0. The van der Waals surface area contributed by atoms with Crippen molar-refractivity contribution in [2.45, 2.75) is 24.5 Å². The first kappa shape index (κ1) is 13.3. The monoisotopic (exact) mass is 289 g/mol. The topological polar surface area (TPSA) is 49.7 Å². The molecule has 2 aromatic carbocycles. The van der Waals surface area contributed by atoms with Gasteiger partial charge in [-0.1, -0.05) is 48.0 Å². The standard InChI is InChI=1S/C15H15NO3S/c1-12-8-10-14(11-9-12)20(17,18)16-15(2,19-16)13-6-4-3-5-7-13/h3-11H,1-2H3. The Morgan fingerprint density at radius 1 is 1.00 bits per heavy atom. The third kappa shape index (κ3) is 2.04. The van der Waals surface area contributed by atoms with Gasteiger partial charge < -0.3 is 0 Å². The summed E-state index contributed by atoms with van der Waals surface area (Å²) in [5, 5.41) is 0. The van der Waals surface area contributed by atoms with Gasteiger partial charge in [-0.2, -0.15) is 0 Å². The molecule has 4 nitrogen and oxygen atoms in total. The average molecular weight is 289 g/mol. The number of nitrogens with zero attached hydrogens (tertiary/aromatic N) is 1. The van der Waals surface area contributed by atoms with Crippen molar-refractivity contribution < 1.29 is 13.3 Å². The second-order valence-corrected chi connectivity index (χ2v) is 6.74. The Kier molecular flexibility index (Phi) is 2.93. The maximum Gasteiger partial charge on any atom is 0.268 e. The summed E-state index contributed by atoms with van der Waals surface area (Å²) in [5.41, 5.74) is 0.919. The zero-order chi connectivity index (χ0) is 14.4. The molecule has 0 amide bonds. The summed E-state index contributed by atoms with van der Waals surface area (Å²) in [7, 11) is -3.63. The van der Waals surface area contributed by atoms with Gasteiger partial charge in [0.05, 0.1) is 4.90 Å². The molecule has 0 radical (unpaired) electrons. The number of hydroxylamine groups is 1. The third-order valence-corrected chi connectivity index (χ3v) is 5.15. The van der Waals surface area contributed by atoms with Crippen LogP contribution in [0.4, 0.5) is 0 Å². The number of hydrogen-bond donors (Lipinski definition) is 0. The largest absolute Gasteiger partial charge is 0.268 e. The van der Waals surface area contributed by atoms with Crippen molar-refractivity contribution in [3.8, 4) is 0 Å². The first-order valence-electron chi connectivity index (χ1n) is 6.31. The summed E-state index contributed by atoms with van der Waals surface area (Å²) in [6.45, 7) is 3.66. The number of aryl methyl sites for hydroxylation is 1. The fraction of sp³-hybridized carbons (Fsp3) is 0.200. The molecule has 3 rings (SSSR count). The SMILES string of the molecule is Cc1ccc(S(=O)(=O)N2OC2(C)c2ccccc2)cc1. The predicted octanol–water partition coefficient (Wildman–Crippen LogP) is 2.80. The number of hydrogen-bond acceptors (Lipinski definition) is 3. The van der Waals surface area contributed by atoms with E-state index in [-0.39, 0.29) is 4.90 Å². The molecule has 1 aliphatic rings. The third-order valence-electron chi connectivity index (χ3n) is 3.42. The molecule has 2 unspecified atom stereocenters. The second kappa shape index (κ2) is 4.41. The molecule has 1 fully saturated rings. The molecule has 1 aliphatic heterocycles. The van der Waals surface area contributed by atoms with Gasteiger partial charge in [-0.3, -0.25) is 4.84 Å². The molecule has 0 aromatic heterocycles. The van der Waals surface area contributed by atoms with Crippen LogP contribution >= 0.6 is 0 Å². The van der Waals surface area contributed by atoms with Crippen molar-refractivity contribution in [2.75, 3.05) is 0 Å². The van der Waals surface area contributed by atoms with Gasteiger partial charge in [-0.25, -0.2) is 8.42 Å². The van der Waals surface area contributed by atoms with E-state index in [1.807, 2.05) is 37.3 Å². The lowest BCUT2D eigenvalue weighted by atomic mass is 10.1. The Hall–Kier alpha value is -1.69. The average Bonchev–Trinajstić information content (AvgIpc) is 3.15. The van der Waals surface area contributed by atoms with Crippen molar-refractivity contribution in [2.24, 2.45) is 0 Å². The Labute approximate surface area is 118 Å². The van der Waals surface area contributed by atoms with Gasteiger partial charge >= 0.3 is 0 Å². The Balaban J connectivity index is 1.94. The lowest BCUT2D eigenvalue weighted by Crippen LogP contribution is -2.19. The minimum Gasteiger partial charge on any atom is -0.250 e. The van der Waals surface area contributed by atoms with Crippen molar-refractivity contribution in [1.29, 1.82) is 0 Å². The molecule has 0 N–H and O–H groups in total. The van der Waals surface area contributed by atoms with Gasteiger partial charge in [-0.05, 0) is 30.4 Å². The molecular weight excluding hydrogens is 274 g/mol. The van der Waals surface area contributed by atoms with Crippen LogP contribution in [0.15, 0.2) is 59.5 Å². The van der Waals surface area contributed by atoms with Gasteiger partial charge in [0.15, 0.2) is 0 Å². The van der Waals surface area contributed by atoms with E-state index < -0.39 is 15.7 Å². The summed E-state index contributed by atoms with van der Waals surface area (Å²) in [4.78, 5) is 5.62. The molecule has 2 atom stereocenters. The van der Waals surface area contributed by atoms with Gasteiger partial charge in [-0.15, -0.1) is 0 Å². The van der Waals surface area contributed by atoms with Crippen LogP contribution in [0.25, 0.3) is 0 Å². The molecular formula is C15H15NO3S. The predicted molar refractivity (Wildman–Crippen MR) is 75.1 cm³/mol. The number of rotatable bonds is 3. The fourth-order valence-corrected chi connectivity index (χ4v) is 3.61. The molecule has 0 spiro atoms. The van der Waals surface area contributed by atoms with E-state index in [1.54, 1.807) is 31.2 Å². The van der Waals surface area contributed by atoms with Crippen molar-refractivity contribution in [3.05, 3.63) is 65.7 Å². The van der Waals surface area contributed by atoms with E-state index in [0.717, 1.165) is 15.6 Å². The van der Waals surface area contributed by atoms with Gasteiger partial charge in [0.1, 0.15) is 0 Å². The Morgan fingerprint density at radius 3 is 2.20 bits per heavy atom. The molecule has 2 aromatic rings. The van der Waals surface area contributed by atoms with Crippen molar-refractivity contribution in [1.82, 2.24) is 4.47 Å². The zero-order valence-corrected chi connectivity index (χ0v) is 12.1. The van der Waals surface area contributed by atoms with E-state index in [9.17, 15) is 8.42 Å². The Morgan fingerprint density at radius 2 is 1.60 bits per heavy atom. The van der Waals surface area contributed by atoms with Gasteiger partial charge in [0.25, 0.3) is 10.0 Å². The summed E-state index contributed by atoms with van der Waals surface area (Å²) >= 11 is 0. The van der Waals surface area contributed by atoms with Crippen molar-refractivity contribution >= 4 is 10.0 Å². The maximum atomic E-state index is 12.5. The maximum absolute atomic E-state index is 12.5. The summed E-state index contributed by atoms with van der Waals surface area (Å²) in [6.07, 6.45) is 0. The Bertz CT molecular complexity index is 725. The highest BCUT2D eigenvalue weighted by Gasteiger charge is 2.60. The van der Waals surface area contributed by atoms with E-state index in [2.05, 4.69) is 0 Å². The van der Waals surface area contributed by atoms with Gasteiger partial charge in [0, 0.05) is 5.56 Å². The zero-order valence-electron chi connectivity index (χ0n) is 11.3. The van der Waals surface area contributed by atoms with E-state index in [4.69, 9.17) is 4.84 Å². The smallest absolute Gasteiger partial charge is 0.250 e. The highest BCUT2D eigenvalue weighted by atomic mass is 32.2. The van der Waals surface area contributed by atoms with Crippen LogP contribution in [-0.4, -0.2) is 12.9 Å². The van der Waals surface area contributed by atoms with Gasteiger partial charge in [0.2, 0.25) is 5.72 Å². The number of benzene rings is 2. The molecule has 0 saturated carbocycles. The van der Waals surface area contributed by atoms with E-state index >= 15 is 0 Å². The molecule has 0 bridgehead atoms. The van der Waals surface area contributed by atoms with E-state index in [1.165, 1.54) is 0 Å². The fourth-order valence-electron chi connectivity index (χ4n) is 2.13. The van der Waals surface area contributed by atoms with Crippen LogP contribution in [0.3, 0.4) is 0 Å². The van der Waals surface area contributed by atoms with Crippen LogP contribution in [-0.2, 0) is 20.6 Å². The second-order valence-electron chi connectivity index (χ2n) is 4.99. The highest BCUT2D eigenvalue weighted by molar-refractivity contribution is 7.89. The van der Waals surface area contributed by atoms with E-state index in [0.29, 0.717) is 0 Å². The van der Waals surface area contributed by atoms with Crippen LogP contribution in [0, 0.1) is 6.92 Å². The quantitative estimate of drug-likeness (QED) is 0.816. The molecule has 20 heavy (non-hydrogen) atoms. The first-order chi connectivity index (χ1) is 9.44. The molecule has 0 aliphatic carbocycles. The molecule has 5 heteroatoms. The minimum absolute atomic E-state index is 0.239. The molecule has 1 heterocycles. The van der Waals surface area contributed by atoms with Crippen LogP contribution < -0.4 is 0 Å².